The van der Waals surface area contributed by atoms with Gasteiger partial charge in [-0.15, -0.1) is 0 Å². The van der Waals surface area contributed by atoms with E-state index in [4.69, 9.17) is 0 Å². The number of rotatable bonds is 1. The van der Waals surface area contributed by atoms with Crippen LogP contribution in [0.5, 0.6) is 0 Å². The summed E-state index contributed by atoms with van der Waals surface area (Å²) in [4.78, 5) is 11.6. The Balaban J connectivity index is 2.91. The lowest BCUT2D eigenvalue weighted by molar-refractivity contribution is -0.465. The fourth-order valence-electron chi connectivity index (χ4n) is 1.59. The Bertz CT molecular complexity index is 558. The Morgan fingerprint density at radius 3 is 2.67 bits per heavy atom. The van der Waals surface area contributed by atoms with E-state index in [0.29, 0.717) is 16.7 Å². The fourth-order valence-corrected chi connectivity index (χ4v) is 1.59. The Morgan fingerprint density at radius 1 is 1.33 bits per heavy atom. The van der Waals surface area contributed by atoms with E-state index >= 15 is 0 Å². The van der Waals surface area contributed by atoms with Crippen molar-refractivity contribution < 1.29 is 4.43 Å². The highest BCUT2D eigenvalue weighted by Crippen LogP contribution is 2.16. The Kier molecular flexibility index (Phi) is 2.19. The van der Waals surface area contributed by atoms with E-state index in [1.807, 2.05) is 13.8 Å². The fraction of sp³-hybridized carbons (Fsp3) is 0.273. The number of hydrogen-bond donors (Lipinski definition) is 0. The number of para-hydroxylation sites is 2. The van der Waals surface area contributed by atoms with Crippen LogP contribution in [0, 0.1) is 10.1 Å². The first kappa shape index (κ1) is 9.71. The van der Waals surface area contributed by atoms with Crippen molar-refractivity contribution >= 4 is 11.0 Å². The summed E-state index contributed by atoms with van der Waals surface area (Å²) in [5, 5.41) is 11.9. The molecule has 1 aromatic heterocycles. The quantitative estimate of drug-likeness (QED) is 0.667. The van der Waals surface area contributed by atoms with Gasteiger partial charge in [0.15, 0.2) is 0 Å². The largest absolute Gasteiger partial charge is 0.805 e. The molecule has 0 bridgehead atoms. The summed E-state index contributed by atoms with van der Waals surface area (Å²) in [5.74, 6) is 0.0345. The molecule has 1 aromatic carbocycles. The zero-order valence-electron chi connectivity index (χ0n) is 8.68. The van der Waals surface area contributed by atoms with Crippen molar-refractivity contribution in [3.05, 3.63) is 46.3 Å². The van der Waals surface area contributed by atoms with Crippen LogP contribution in [-0.4, -0.2) is 4.73 Å². The summed E-state index contributed by atoms with van der Waals surface area (Å²) in [6.45, 7) is 3.77. The molecular formula is C11H12N2O2. The monoisotopic (exact) mass is 204 g/mol. The van der Waals surface area contributed by atoms with E-state index in [0.717, 1.165) is 9.16 Å². The molecule has 78 valence electrons. The second-order valence-electron chi connectivity index (χ2n) is 3.82. The van der Waals surface area contributed by atoms with E-state index in [1.54, 1.807) is 24.3 Å². The van der Waals surface area contributed by atoms with Gasteiger partial charge in [-0.1, -0.05) is 26.0 Å². The van der Waals surface area contributed by atoms with Crippen molar-refractivity contribution in [3.8, 4) is 0 Å². The molecule has 2 rings (SSSR count). The minimum atomic E-state index is 0.0345. The lowest BCUT2D eigenvalue weighted by atomic mass is 10.1. The first-order valence-electron chi connectivity index (χ1n) is 4.85. The first-order chi connectivity index (χ1) is 7.11. The zero-order chi connectivity index (χ0) is 11.0. The van der Waals surface area contributed by atoms with Crippen LogP contribution in [-0.2, 0) is 0 Å². The van der Waals surface area contributed by atoms with E-state index < -0.39 is 0 Å². The van der Waals surface area contributed by atoms with Crippen molar-refractivity contribution in [1.29, 1.82) is 0 Å². The van der Waals surface area contributed by atoms with E-state index in [-0.39, 0.29) is 5.92 Å². The normalized spacial score (nSPS) is 11.1. The van der Waals surface area contributed by atoms with Crippen molar-refractivity contribution in [1.82, 2.24) is 4.73 Å². The second-order valence-corrected chi connectivity index (χ2v) is 3.82. The minimum Gasteiger partial charge on any atom is -0.805 e. The molecule has 0 aliphatic carbocycles. The molecule has 4 nitrogen and oxygen atoms in total. The van der Waals surface area contributed by atoms with Gasteiger partial charge in [0.1, 0.15) is 5.52 Å². The molecule has 2 aromatic rings. The van der Waals surface area contributed by atoms with Gasteiger partial charge in [-0.05, 0) is 12.0 Å². The van der Waals surface area contributed by atoms with E-state index in [9.17, 15) is 10.1 Å². The average Bonchev–Trinajstić information content (AvgIpc) is 2.23. The van der Waals surface area contributed by atoms with Gasteiger partial charge in [-0.25, -0.2) is 0 Å². The third-order valence-electron chi connectivity index (χ3n) is 2.41. The van der Waals surface area contributed by atoms with Crippen LogP contribution in [0.2, 0.25) is 0 Å². The van der Waals surface area contributed by atoms with Crippen molar-refractivity contribution in [2.75, 3.05) is 0 Å². The lowest BCUT2D eigenvalue weighted by Gasteiger charge is -2.18. The van der Waals surface area contributed by atoms with Crippen molar-refractivity contribution in [2.45, 2.75) is 19.8 Å². The molecule has 15 heavy (non-hydrogen) atoms. The summed E-state index contributed by atoms with van der Waals surface area (Å²) < 4.78 is 1.58. The van der Waals surface area contributed by atoms with Crippen LogP contribution < -0.4 is 4.43 Å². The van der Waals surface area contributed by atoms with Gasteiger partial charge < -0.3 is 9.94 Å². The van der Waals surface area contributed by atoms with Gasteiger partial charge in [0.05, 0.1) is 10.1 Å². The number of nitrogens with zero attached hydrogens (tertiary/aromatic N) is 2. The van der Waals surface area contributed by atoms with E-state index in [2.05, 4.69) is 0 Å². The summed E-state index contributed by atoms with van der Waals surface area (Å²) in [6.07, 6.45) is 1.35. The highest BCUT2D eigenvalue weighted by Gasteiger charge is 2.12. The maximum atomic E-state index is 11.9. The Labute approximate surface area is 87.0 Å². The Hall–Kier alpha value is -1.84. The highest BCUT2D eigenvalue weighted by molar-refractivity contribution is 5.71. The molecule has 0 aliphatic rings. The van der Waals surface area contributed by atoms with E-state index in [1.165, 1.54) is 6.20 Å². The molecule has 0 saturated carbocycles. The van der Waals surface area contributed by atoms with Gasteiger partial charge in [-0.3, -0.25) is 0 Å². The third kappa shape index (κ3) is 1.48. The lowest BCUT2D eigenvalue weighted by Crippen LogP contribution is -2.20. The van der Waals surface area contributed by atoms with Crippen molar-refractivity contribution in [3.63, 3.8) is 0 Å². The molecule has 0 fully saturated rings. The third-order valence-corrected chi connectivity index (χ3v) is 2.41. The molecule has 1 heterocycles. The van der Waals surface area contributed by atoms with Crippen LogP contribution in [0.25, 0.3) is 11.0 Å². The number of benzene rings is 1. The van der Waals surface area contributed by atoms with Gasteiger partial charge in [0.2, 0.25) is 6.20 Å². The van der Waals surface area contributed by atoms with Gasteiger partial charge >= 0.3 is 0 Å². The Morgan fingerprint density at radius 2 is 2.00 bits per heavy atom. The molecule has 0 saturated heterocycles. The summed E-state index contributed by atoms with van der Waals surface area (Å²) in [6, 6.07) is 6.79. The van der Waals surface area contributed by atoms with Crippen LogP contribution in [0.15, 0.2) is 30.5 Å². The standard InChI is InChI=1S/C11H12N2O2/c1-8(2)11-7-12(14)9-5-3-4-6-10(9)13(11)15/h3-8H,1-2H3. The molecule has 0 atom stereocenters. The molecule has 0 radical (unpaired) electrons. The maximum absolute atomic E-state index is 11.9. The number of fused-ring (bicyclic) bond motifs is 1. The maximum Gasteiger partial charge on any atom is 0.285 e. The predicted molar refractivity (Wildman–Crippen MR) is 58.2 cm³/mol. The summed E-state index contributed by atoms with van der Waals surface area (Å²) >= 11 is 0. The average molecular weight is 204 g/mol. The SMILES string of the molecule is CC(C)c1c[n+](=O)c2ccccc2n1[O-]. The highest BCUT2D eigenvalue weighted by atomic mass is 16.5. The molecule has 0 unspecified atom stereocenters. The van der Waals surface area contributed by atoms with Crippen LogP contribution in [0.1, 0.15) is 25.5 Å². The smallest absolute Gasteiger partial charge is 0.285 e. The molecule has 0 aliphatic heterocycles. The summed E-state index contributed by atoms with van der Waals surface area (Å²) in [5.41, 5.74) is 1.30. The number of aromatic nitrogens is 2. The van der Waals surface area contributed by atoms with Gasteiger partial charge in [0, 0.05) is 11.0 Å². The molecule has 0 N–H and O–H groups in total. The molecular weight excluding hydrogens is 192 g/mol. The second kappa shape index (κ2) is 3.38. The topological polar surface area (TPSA) is 51.0 Å². The van der Waals surface area contributed by atoms with Crippen LogP contribution >= 0.6 is 0 Å². The first-order valence-corrected chi connectivity index (χ1v) is 4.85. The molecule has 0 spiro atoms. The van der Waals surface area contributed by atoms with Crippen LogP contribution in [0.3, 0.4) is 0 Å². The molecule has 4 heteroatoms. The van der Waals surface area contributed by atoms with Crippen molar-refractivity contribution in [2.24, 2.45) is 0 Å². The number of hydrogen-bond acceptors (Lipinski definition) is 2. The van der Waals surface area contributed by atoms with Gasteiger partial charge in [-0.2, -0.15) is 0 Å². The zero-order valence-corrected chi connectivity index (χ0v) is 8.68. The minimum absolute atomic E-state index is 0.0345. The van der Waals surface area contributed by atoms with Crippen LogP contribution in [0.4, 0.5) is 0 Å². The molecule has 0 amide bonds. The summed E-state index contributed by atoms with van der Waals surface area (Å²) in [7, 11) is 0. The van der Waals surface area contributed by atoms with Gasteiger partial charge in [0.25, 0.3) is 5.52 Å². The predicted octanol–water partition coefficient (Wildman–Crippen LogP) is 2.03.